The number of para-hydroxylation sites is 1. The predicted molar refractivity (Wildman–Crippen MR) is 133 cm³/mol. The average Bonchev–Trinajstić information content (AvgIpc) is 3.20. The van der Waals surface area contributed by atoms with Crippen molar-refractivity contribution in [2.45, 2.75) is 6.92 Å². The highest BCUT2D eigenvalue weighted by atomic mass is 35.5. The normalized spacial score (nSPS) is 16.2. The van der Waals surface area contributed by atoms with Crippen molar-refractivity contribution in [3.8, 4) is 23.0 Å². The number of hydrogen-bond acceptors (Lipinski definition) is 7. The summed E-state index contributed by atoms with van der Waals surface area (Å²) in [6.07, 6.45) is 3.38. The van der Waals surface area contributed by atoms with Gasteiger partial charge in [0, 0.05) is 11.1 Å². The lowest BCUT2D eigenvalue weighted by molar-refractivity contribution is -0.114. The second-order valence-electron chi connectivity index (χ2n) is 7.20. The second kappa shape index (κ2) is 10.2. The van der Waals surface area contributed by atoms with Gasteiger partial charge in [0.2, 0.25) is 5.75 Å². The van der Waals surface area contributed by atoms with E-state index in [4.69, 9.17) is 36.0 Å². The number of benzene rings is 2. The zero-order chi connectivity index (χ0) is 24.2. The SMILES string of the molecule is COc1cc(C=C2C(=N)N3C=C(C)SC3=NC2=O)cc(OC)c1OCCOc1ccccc1Cl. The number of amides is 1. The van der Waals surface area contributed by atoms with Crippen LogP contribution in [-0.2, 0) is 4.79 Å². The summed E-state index contributed by atoms with van der Waals surface area (Å²) in [5.74, 6) is 1.39. The van der Waals surface area contributed by atoms with Crippen molar-refractivity contribution in [3.05, 3.63) is 63.7 Å². The highest BCUT2D eigenvalue weighted by Gasteiger charge is 2.33. The van der Waals surface area contributed by atoms with Crippen LogP contribution in [0.1, 0.15) is 12.5 Å². The molecule has 1 N–H and O–H groups in total. The van der Waals surface area contributed by atoms with E-state index in [9.17, 15) is 4.79 Å². The van der Waals surface area contributed by atoms with Gasteiger partial charge in [-0.25, -0.2) is 0 Å². The van der Waals surface area contributed by atoms with Crippen molar-refractivity contribution in [1.29, 1.82) is 5.41 Å². The first-order valence-corrected chi connectivity index (χ1v) is 11.5. The van der Waals surface area contributed by atoms with E-state index in [1.54, 1.807) is 41.4 Å². The van der Waals surface area contributed by atoms with Crippen molar-refractivity contribution in [1.82, 2.24) is 4.90 Å². The van der Waals surface area contributed by atoms with E-state index in [-0.39, 0.29) is 24.6 Å². The number of ether oxygens (including phenoxy) is 4. The van der Waals surface area contributed by atoms with Crippen molar-refractivity contribution in [2.24, 2.45) is 4.99 Å². The Balaban J connectivity index is 1.54. The number of aliphatic imine (C=N–C) groups is 1. The highest BCUT2D eigenvalue weighted by molar-refractivity contribution is 8.17. The van der Waals surface area contributed by atoms with Gasteiger partial charge in [-0.15, -0.1) is 0 Å². The summed E-state index contributed by atoms with van der Waals surface area (Å²) >= 11 is 7.47. The van der Waals surface area contributed by atoms with Gasteiger partial charge < -0.3 is 18.9 Å². The predicted octanol–water partition coefficient (Wildman–Crippen LogP) is 4.98. The third-order valence-corrected chi connectivity index (χ3v) is 6.12. The lowest BCUT2D eigenvalue weighted by Gasteiger charge is -2.22. The molecule has 0 fully saturated rings. The van der Waals surface area contributed by atoms with Gasteiger partial charge in [0.25, 0.3) is 5.91 Å². The van der Waals surface area contributed by atoms with Crippen LogP contribution in [0.5, 0.6) is 23.0 Å². The van der Waals surface area contributed by atoms with Crippen LogP contribution in [0.2, 0.25) is 5.02 Å². The van der Waals surface area contributed by atoms with Gasteiger partial charge in [-0.05, 0) is 42.8 Å². The number of fused-ring (bicyclic) bond motifs is 1. The average molecular weight is 500 g/mol. The minimum Gasteiger partial charge on any atom is -0.493 e. The van der Waals surface area contributed by atoms with Crippen LogP contribution in [0.4, 0.5) is 0 Å². The van der Waals surface area contributed by atoms with E-state index in [0.29, 0.717) is 38.8 Å². The summed E-state index contributed by atoms with van der Waals surface area (Å²) in [5, 5.41) is 9.48. The number of methoxy groups -OCH3 is 2. The number of rotatable bonds is 8. The Hall–Kier alpha value is -3.43. The number of halogens is 1. The molecule has 0 bridgehead atoms. The topological polar surface area (TPSA) is 93.4 Å². The zero-order valence-electron chi connectivity index (χ0n) is 18.8. The van der Waals surface area contributed by atoms with Crippen LogP contribution < -0.4 is 18.9 Å². The fourth-order valence-electron chi connectivity index (χ4n) is 3.35. The lowest BCUT2D eigenvalue weighted by Crippen LogP contribution is -2.35. The van der Waals surface area contributed by atoms with E-state index in [1.807, 2.05) is 19.1 Å². The third-order valence-electron chi connectivity index (χ3n) is 4.91. The van der Waals surface area contributed by atoms with Gasteiger partial charge in [-0.1, -0.05) is 35.5 Å². The minimum atomic E-state index is -0.471. The third kappa shape index (κ3) is 4.90. The molecule has 0 saturated carbocycles. The molecule has 2 aromatic rings. The number of carbonyl (C=O) groups is 1. The maximum absolute atomic E-state index is 12.6. The molecule has 0 aliphatic carbocycles. The Morgan fingerprint density at radius 1 is 1.09 bits per heavy atom. The molecule has 34 heavy (non-hydrogen) atoms. The molecule has 2 heterocycles. The quantitative estimate of drug-likeness (QED) is 0.404. The van der Waals surface area contributed by atoms with E-state index in [2.05, 4.69) is 4.99 Å². The number of thioether (sulfide) groups is 1. The smallest absolute Gasteiger partial charge is 0.283 e. The molecule has 4 rings (SSSR count). The number of nitrogens with zero attached hydrogens (tertiary/aromatic N) is 2. The molecule has 2 aromatic carbocycles. The molecule has 1 amide bonds. The van der Waals surface area contributed by atoms with Gasteiger partial charge >= 0.3 is 0 Å². The molecule has 0 aromatic heterocycles. The molecule has 0 radical (unpaired) electrons. The van der Waals surface area contributed by atoms with Crippen molar-refractivity contribution >= 4 is 46.3 Å². The fourth-order valence-corrected chi connectivity index (χ4v) is 4.36. The first-order chi connectivity index (χ1) is 16.4. The summed E-state index contributed by atoms with van der Waals surface area (Å²) < 4.78 is 22.5. The zero-order valence-corrected chi connectivity index (χ0v) is 20.3. The van der Waals surface area contributed by atoms with Crippen molar-refractivity contribution < 1.29 is 23.7 Å². The second-order valence-corrected chi connectivity index (χ2v) is 8.82. The van der Waals surface area contributed by atoms with Crippen LogP contribution in [0, 0.1) is 5.41 Å². The summed E-state index contributed by atoms with van der Waals surface area (Å²) in [4.78, 5) is 19.2. The molecular weight excluding hydrogens is 478 g/mol. The molecule has 8 nitrogen and oxygen atoms in total. The summed E-state index contributed by atoms with van der Waals surface area (Å²) in [7, 11) is 3.02. The standard InChI is InChI=1S/C24H22ClN3O5S/c1-14-13-28-22(26)16(23(29)27-24(28)34-14)10-15-11-19(30-2)21(20(12-15)31-3)33-9-8-32-18-7-5-4-6-17(18)25/h4-7,10-13,26H,8-9H2,1-3H3. The van der Waals surface area contributed by atoms with Crippen molar-refractivity contribution in [2.75, 3.05) is 27.4 Å². The van der Waals surface area contributed by atoms with Gasteiger partial charge in [-0.2, -0.15) is 4.99 Å². The van der Waals surface area contributed by atoms with Crippen LogP contribution in [0.15, 0.2) is 58.1 Å². The first kappa shape index (κ1) is 23.7. The van der Waals surface area contributed by atoms with E-state index in [1.165, 1.54) is 26.0 Å². The summed E-state index contributed by atoms with van der Waals surface area (Å²) in [6.45, 7) is 2.38. The number of hydrogen-bond donors (Lipinski definition) is 1. The monoisotopic (exact) mass is 499 g/mol. The number of nitrogens with one attached hydrogen (secondary N) is 1. The molecule has 176 valence electrons. The molecule has 2 aliphatic rings. The lowest BCUT2D eigenvalue weighted by atomic mass is 10.1. The Morgan fingerprint density at radius 2 is 1.76 bits per heavy atom. The van der Waals surface area contributed by atoms with Crippen molar-refractivity contribution in [3.63, 3.8) is 0 Å². The summed E-state index contributed by atoms with van der Waals surface area (Å²) in [6, 6.07) is 10.6. The molecule has 0 atom stereocenters. The van der Waals surface area contributed by atoms with Gasteiger partial charge in [0.15, 0.2) is 16.7 Å². The fraction of sp³-hybridized carbons (Fsp3) is 0.208. The first-order valence-electron chi connectivity index (χ1n) is 10.3. The van der Waals surface area contributed by atoms with Gasteiger partial charge in [-0.3, -0.25) is 15.1 Å². The number of amidine groups is 2. The van der Waals surface area contributed by atoms with Crippen LogP contribution >= 0.6 is 23.4 Å². The largest absolute Gasteiger partial charge is 0.493 e. The molecule has 10 heteroatoms. The molecule has 0 spiro atoms. The molecule has 0 saturated heterocycles. The molecular formula is C24H22ClN3O5S. The van der Waals surface area contributed by atoms with Gasteiger partial charge in [0.05, 0.1) is 24.8 Å². The Labute approximate surface area is 206 Å². The number of allylic oxidation sites excluding steroid dienone is 1. The maximum Gasteiger partial charge on any atom is 0.283 e. The molecule has 2 aliphatic heterocycles. The maximum atomic E-state index is 12.6. The Kier molecular flexibility index (Phi) is 7.14. The van der Waals surface area contributed by atoms with Crippen LogP contribution in [0.25, 0.3) is 6.08 Å². The van der Waals surface area contributed by atoms with Crippen LogP contribution in [-0.4, -0.2) is 49.2 Å². The Morgan fingerprint density at radius 3 is 2.44 bits per heavy atom. The molecule has 0 unspecified atom stereocenters. The van der Waals surface area contributed by atoms with E-state index >= 15 is 0 Å². The van der Waals surface area contributed by atoms with E-state index in [0.717, 1.165) is 4.91 Å². The van der Waals surface area contributed by atoms with Crippen LogP contribution in [0.3, 0.4) is 0 Å². The summed E-state index contributed by atoms with van der Waals surface area (Å²) in [5.41, 5.74) is 0.772. The highest BCUT2D eigenvalue weighted by Crippen LogP contribution is 2.40. The van der Waals surface area contributed by atoms with Gasteiger partial charge in [0.1, 0.15) is 24.8 Å². The van der Waals surface area contributed by atoms with E-state index < -0.39 is 5.91 Å². The number of carbonyl (C=O) groups excluding carboxylic acids is 1. The minimum absolute atomic E-state index is 0.0642. The Bertz CT molecular complexity index is 1220.